The van der Waals surface area contributed by atoms with Crippen molar-refractivity contribution in [1.82, 2.24) is 24.7 Å². The molecule has 1 aliphatic heterocycles. The van der Waals surface area contributed by atoms with Gasteiger partial charge in [0.2, 0.25) is 4.96 Å². The molecule has 3 heterocycles. The minimum absolute atomic E-state index is 0.460. The lowest BCUT2D eigenvalue weighted by molar-refractivity contribution is 0.214. The molecule has 3 aromatic rings. The van der Waals surface area contributed by atoms with E-state index >= 15 is 0 Å². The van der Waals surface area contributed by atoms with Crippen LogP contribution in [0.2, 0.25) is 0 Å². The molecule has 0 spiro atoms. The molecular weight excluding hydrogens is 322 g/mol. The van der Waals surface area contributed by atoms with Gasteiger partial charge in [-0.05, 0) is 44.5 Å². The summed E-state index contributed by atoms with van der Waals surface area (Å²) in [7, 11) is 0. The van der Waals surface area contributed by atoms with E-state index in [1.165, 1.54) is 30.6 Å². The lowest BCUT2D eigenvalue weighted by atomic mass is 10.1. The minimum Gasteiger partial charge on any atom is -0.486 e. The number of piperidine rings is 1. The van der Waals surface area contributed by atoms with E-state index in [4.69, 9.17) is 4.74 Å². The Morgan fingerprint density at radius 3 is 2.79 bits per heavy atom. The third-order valence-corrected chi connectivity index (χ3v) is 5.23. The van der Waals surface area contributed by atoms with Crippen LogP contribution in [-0.2, 0) is 13.2 Å². The maximum atomic E-state index is 5.89. The fourth-order valence-electron chi connectivity index (χ4n) is 3.03. The Balaban J connectivity index is 1.46. The first-order valence-electron chi connectivity index (χ1n) is 8.40. The molecule has 0 radical (unpaired) electrons. The summed E-state index contributed by atoms with van der Waals surface area (Å²) in [5.41, 5.74) is 1.13. The smallest absolute Gasteiger partial charge is 0.234 e. The highest BCUT2D eigenvalue weighted by molar-refractivity contribution is 7.16. The monoisotopic (exact) mass is 343 g/mol. The van der Waals surface area contributed by atoms with Gasteiger partial charge in [0.1, 0.15) is 12.4 Å². The molecule has 7 heteroatoms. The first-order chi connectivity index (χ1) is 11.8. The number of aryl methyl sites for hydroxylation is 1. The van der Waals surface area contributed by atoms with Crippen molar-refractivity contribution in [1.29, 1.82) is 0 Å². The Bertz CT molecular complexity index is 821. The van der Waals surface area contributed by atoms with Gasteiger partial charge in [0.05, 0.1) is 6.54 Å². The molecular formula is C17H21N5OS. The highest BCUT2D eigenvalue weighted by Crippen LogP contribution is 2.21. The quantitative estimate of drug-likeness (QED) is 0.713. The van der Waals surface area contributed by atoms with Crippen LogP contribution in [0.5, 0.6) is 5.75 Å². The zero-order valence-electron chi connectivity index (χ0n) is 13.8. The average molecular weight is 343 g/mol. The van der Waals surface area contributed by atoms with Crippen molar-refractivity contribution in [2.24, 2.45) is 0 Å². The van der Waals surface area contributed by atoms with E-state index in [2.05, 4.69) is 20.2 Å². The largest absolute Gasteiger partial charge is 0.486 e. The van der Waals surface area contributed by atoms with Crippen molar-refractivity contribution in [2.75, 3.05) is 13.1 Å². The first kappa shape index (κ1) is 15.5. The standard InChI is InChI=1S/C17H21N5OS/c1-13-7-3-4-8-14(13)23-12-16-20-22-15(18-19-17(22)24-16)11-21-9-5-2-6-10-21/h3-4,7-8H,2,5-6,9-12H2,1H3. The lowest BCUT2D eigenvalue weighted by Gasteiger charge is -2.25. The van der Waals surface area contributed by atoms with Gasteiger partial charge in [0.25, 0.3) is 0 Å². The molecule has 1 fully saturated rings. The van der Waals surface area contributed by atoms with Crippen molar-refractivity contribution >= 4 is 16.3 Å². The number of hydrogen-bond donors (Lipinski definition) is 0. The van der Waals surface area contributed by atoms with E-state index in [0.717, 1.165) is 46.7 Å². The molecule has 126 valence electrons. The number of benzene rings is 1. The highest BCUT2D eigenvalue weighted by atomic mass is 32.1. The fourth-order valence-corrected chi connectivity index (χ4v) is 3.79. The van der Waals surface area contributed by atoms with Gasteiger partial charge in [-0.25, -0.2) is 0 Å². The van der Waals surface area contributed by atoms with Crippen molar-refractivity contribution in [3.8, 4) is 5.75 Å². The molecule has 2 aromatic heterocycles. The molecule has 0 saturated carbocycles. The second kappa shape index (κ2) is 6.86. The van der Waals surface area contributed by atoms with E-state index in [1.54, 1.807) is 0 Å². The Morgan fingerprint density at radius 1 is 1.12 bits per heavy atom. The van der Waals surface area contributed by atoms with Gasteiger partial charge in [-0.1, -0.05) is 36.0 Å². The second-order valence-corrected chi connectivity index (χ2v) is 7.24. The highest BCUT2D eigenvalue weighted by Gasteiger charge is 2.17. The van der Waals surface area contributed by atoms with Gasteiger partial charge in [-0.3, -0.25) is 4.90 Å². The van der Waals surface area contributed by atoms with E-state index < -0.39 is 0 Å². The van der Waals surface area contributed by atoms with E-state index in [9.17, 15) is 0 Å². The number of nitrogens with zero attached hydrogens (tertiary/aromatic N) is 5. The Labute approximate surface area is 145 Å². The maximum Gasteiger partial charge on any atom is 0.234 e. The predicted octanol–water partition coefficient (Wildman–Crippen LogP) is 3.06. The molecule has 0 atom stereocenters. The molecule has 0 amide bonds. The van der Waals surface area contributed by atoms with Crippen molar-refractivity contribution in [2.45, 2.75) is 39.3 Å². The average Bonchev–Trinajstić information content (AvgIpc) is 3.17. The van der Waals surface area contributed by atoms with Crippen LogP contribution in [0.4, 0.5) is 0 Å². The maximum absolute atomic E-state index is 5.89. The Hall–Kier alpha value is -1.99. The summed E-state index contributed by atoms with van der Waals surface area (Å²) >= 11 is 1.54. The summed E-state index contributed by atoms with van der Waals surface area (Å²) in [6.45, 7) is 5.61. The minimum atomic E-state index is 0.460. The van der Waals surface area contributed by atoms with Crippen molar-refractivity contribution in [3.05, 3.63) is 40.7 Å². The predicted molar refractivity (Wildman–Crippen MR) is 93.3 cm³/mol. The summed E-state index contributed by atoms with van der Waals surface area (Å²) in [5.74, 6) is 1.82. The number of ether oxygens (including phenoxy) is 1. The second-order valence-electron chi connectivity index (χ2n) is 6.20. The molecule has 0 aliphatic carbocycles. The topological polar surface area (TPSA) is 55.6 Å². The molecule has 0 unspecified atom stereocenters. The van der Waals surface area contributed by atoms with Crippen LogP contribution in [0.15, 0.2) is 24.3 Å². The third-order valence-electron chi connectivity index (χ3n) is 4.36. The van der Waals surface area contributed by atoms with Crippen molar-refractivity contribution < 1.29 is 4.74 Å². The molecule has 1 aliphatic rings. The van der Waals surface area contributed by atoms with Crippen molar-refractivity contribution in [3.63, 3.8) is 0 Å². The van der Waals surface area contributed by atoms with Crippen LogP contribution in [-0.4, -0.2) is 37.8 Å². The SMILES string of the molecule is Cc1ccccc1OCc1nn2c(CN3CCCCC3)nnc2s1. The number of rotatable bonds is 5. The fraction of sp³-hybridized carbons (Fsp3) is 0.471. The summed E-state index contributed by atoms with van der Waals surface area (Å²) < 4.78 is 7.76. The molecule has 0 bridgehead atoms. The van der Waals surface area contributed by atoms with Gasteiger partial charge in [-0.15, -0.1) is 10.2 Å². The van der Waals surface area contributed by atoms with E-state index in [-0.39, 0.29) is 0 Å². The molecule has 1 aromatic carbocycles. The molecule has 24 heavy (non-hydrogen) atoms. The molecule has 1 saturated heterocycles. The summed E-state index contributed by atoms with van der Waals surface area (Å²) in [4.78, 5) is 3.27. The summed E-state index contributed by atoms with van der Waals surface area (Å²) in [6.07, 6.45) is 3.88. The Morgan fingerprint density at radius 2 is 1.96 bits per heavy atom. The van der Waals surface area contributed by atoms with Crippen LogP contribution in [0.3, 0.4) is 0 Å². The number of hydrogen-bond acceptors (Lipinski definition) is 6. The van der Waals surface area contributed by atoms with E-state index in [0.29, 0.717) is 6.61 Å². The summed E-state index contributed by atoms with van der Waals surface area (Å²) in [5, 5.41) is 14.1. The zero-order valence-corrected chi connectivity index (χ0v) is 14.6. The lowest BCUT2D eigenvalue weighted by Crippen LogP contribution is -2.30. The molecule has 0 N–H and O–H groups in total. The van der Waals surface area contributed by atoms with Gasteiger partial charge >= 0.3 is 0 Å². The number of fused-ring (bicyclic) bond motifs is 1. The van der Waals surface area contributed by atoms with Crippen LogP contribution in [0.25, 0.3) is 4.96 Å². The van der Waals surface area contributed by atoms with Gasteiger partial charge in [0.15, 0.2) is 10.8 Å². The number of likely N-dealkylation sites (tertiary alicyclic amines) is 1. The van der Waals surface area contributed by atoms with Gasteiger partial charge in [0, 0.05) is 0 Å². The zero-order chi connectivity index (χ0) is 16.4. The Kier molecular flexibility index (Phi) is 4.44. The van der Waals surface area contributed by atoms with Gasteiger partial charge < -0.3 is 4.74 Å². The number of para-hydroxylation sites is 1. The molecule has 6 nitrogen and oxygen atoms in total. The van der Waals surface area contributed by atoms with Crippen LogP contribution >= 0.6 is 11.3 Å². The molecule has 4 rings (SSSR count). The third kappa shape index (κ3) is 3.27. The number of aromatic nitrogens is 4. The van der Waals surface area contributed by atoms with Crippen LogP contribution in [0.1, 0.15) is 35.7 Å². The van der Waals surface area contributed by atoms with Gasteiger partial charge in [-0.2, -0.15) is 9.61 Å². The van der Waals surface area contributed by atoms with Crippen LogP contribution in [0, 0.1) is 6.92 Å². The van der Waals surface area contributed by atoms with Crippen LogP contribution < -0.4 is 4.74 Å². The summed E-state index contributed by atoms with van der Waals surface area (Å²) in [6, 6.07) is 8.03. The first-order valence-corrected chi connectivity index (χ1v) is 9.22. The van der Waals surface area contributed by atoms with E-state index in [1.807, 2.05) is 35.7 Å². The normalized spacial score (nSPS) is 15.9.